The summed E-state index contributed by atoms with van der Waals surface area (Å²) in [5.74, 6) is 0. The van der Waals surface area contributed by atoms with E-state index in [2.05, 4.69) is 21.7 Å². The Morgan fingerprint density at radius 2 is 1.71 bits per heavy atom. The van der Waals surface area contributed by atoms with Gasteiger partial charge in [-0.1, -0.05) is 12.1 Å². The molecule has 4 heteroatoms. The number of hydrogen-bond acceptors (Lipinski definition) is 1. The van der Waals surface area contributed by atoms with Crippen molar-refractivity contribution in [2.75, 3.05) is 10.6 Å². The van der Waals surface area contributed by atoms with Crippen molar-refractivity contribution >= 4 is 28.3 Å². The molecule has 0 unspecified atom stereocenters. The summed E-state index contributed by atoms with van der Waals surface area (Å²) in [5.41, 5.74) is 4.83. The average Bonchev–Trinajstić information content (AvgIpc) is 2.78. The van der Waals surface area contributed by atoms with Gasteiger partial charge in [-0.2, -0.15) is 0 Å². The molecule has 0 radical (unpaired) electrons. The van der Waals surface area contributed by atoms with Gasteiger partial charge in [0.1, 0.15) is 0 Å². The van der Waals surface area contributed by atoms with Crippen LogP contribution in [0, 0.1) is 13.8 Å². The summed E-state index contributed by atoms with van der Waals surface area (Å²) in [6.07, 6.45) is 0. The molecule has 106 valence electrons. The lowest BCUT2D eigenvalue weighted by atomic mass is 10.2. The van der Waals surface area contributed by atoms with Gasteiger partial charge < -0.3 is 15.6 Å². The fourth-order valence-electron chi connectivity index (χ4n) is 2.37. The second kappa shape index (κ2) is 5.32. The first kappa shape index (κ1) is 13.2. The summed E-state index contributed by atoms with van der Waals surface area (Å²) in [7, 11) is 0. The fraction of sp³-hybridized carbons (Fsp3) is 0.118. The highest BCUT2D eigenvalue weighted by atomic mass is 16.2. The molecule has 1 heterocycles. The van der Waals surface area contributed by atoms with E-state index in [1.165, 1.54) is 0 Å². The number of H-pyrrole nitrogens is 1. The molecule has 0 saturated heterocycles. The molecule has 2 amide bonds. The highest BCUT2D eigenvalue weighted by molar-refractivity contribution is 6.01. The molecule has 3 aromatic rings. The average molecular weight is 279 g/mol. The third kappa shape index (κ3) is 3.05. The van der Waals surface area contributed by atoms with Crippen LogP contribution in [0.5, 0.6) is 0 Å². The van der Waals surface area contributed by atoms with E-state index in [0.717, 1.165) is 33.5 Å². The standard InChI is InChI=1S/C17H17N3O/c1-11-4-3-5-14(8-11)19-17(21)20-15-6-7-16-13(10-15)9-12(2)18-16/h3-10,18H,1-2H3,(H2,19,20,21). The minimum atomic E-state index is -0.243. The zero-order valence-corrected chi connectivity index (χ0v) is 12.0. The third-order valence-electron chi connectivity index (χ3n) is 3.29. The van der Waals surface area contributed by atoms with Gasteiger partial charge in [-0.25, -0.2) is 4.79 Å². The summed E-state index contributed by atoms with van der Waals surface area (Å²) in [6, 6.07) is 15.3. The molecule has 0 aliphatic heterocycles. The van der Waals surface area contributed by atoms with Crippen LogP contribution in [-0.2, 0) is 0 Å². The Balaban J connectivity index is 1.73. The number of fused-ring (bicyclic) bond motifs is 1. The van der Waals surface area contributed by atoms with Crippen LogP contribution >= 0.6 is 0 Å². The normalized spacial score (nSPS) is 10.6. The van der Waals surface area contributed by atoms with Gasteiger partial charge in [-0.3, -0.25) is 0 Å². The molecule has 0 spiro atoms. The second-order valence-corrected chi connectivity index (χ2v) is 5.20. The molecule has 0 atom stereocenters. The highest BCUT2D eigenvalue weighted by Gasteiger charge is 2.04. The van der Waals surface area contributed by atoms with Crippen molar-refractivity contribution in [1.29, 1.82) is 0 Å². The van der Waals surface area contributed by atoms with Crippen LogP contribution in [0.4, 0.5) is 16.2 Å². The lowest BCUT2D eigenvalue weighted by Crippen LogP contribution is -2.19. The number of amides is 2. The minimum Gasteiger partial charge on any atom is -0.359 e. The molecular weight excluding hydrogens is 262 g/mol. The van der Waals surface area contributed by atoms with E-state index in [0.29, 0.717) is 0 Å². The van der Waals surface area contributed by atoms with Crippen LogP contribution in [0.2, 0.25) is 0 Å². The molecule has 0 fully saturated rings. The lowest BCUT2D eigenvalue weighted by molar-refractivity contribution is 0.262. The monoisotopic (exact) mass is 279 g/mol. The van der Waals surface area contributed by atoms with Gasteiger partial charge in [0.05, 0.1) is 0 Å². The summed E-state index contributed by atoms with van der Waals surface area (Å²) in [5, 5.41) is 6.76. The first-order valence-corrected chi connectivity index (χ1v) is 6.84. The first-order valence-electron chi connectivity index (χ1n) is 6.84. The highest BCUT2D eigenvalue weighted by Crippen LogP contribution is 2.20. The van der Waals surface area contributed by atoms with Crippen molar-refractivity contribution in [3.8, 4) is 0 Å². The number of aryl methyl sites for hydroxylation is 2. The second-order valence-electron chi connectivity index (χ2n) is 5.20. The minimum absolute atomic E-state index is 0.243. The van der Waals surface area contributed by atoms with Crippen LogP contribution < -0.4 is 10.6 Å². The molecule has 0 bridgehead atoms. The number of carbonyl (C=O) groups is 1. The Kier molecular flexibility index (Phi) is 3.36. The number of rotatable bonds is 2. The Hall–Kier alpha value is -2.75. The zero-order chi connectivity index (χ0) is 14.8. The molecule has 0 aliphatic rings. The largest absolute Gasteiger partial charge is 0.359 e. The van der Waals surface area contributed by atoms with Gasteiger partial charge in [0.2, 0.25) is 0 Å². The maximum absolute atomic E-state index is 12.0. The van der Waals surface area contributed by atoms with Crippen molar-refractivity contribution < 1.29 is 4.79 Å². The van der Waals surface area contributed by atoms with Crippen molar-refractivity contribution in [2.24, 2.45) is 0 Å². The number of aromatic nitrogens is 1. The molecule has 21 heavy (non-hydrogen) atoms. The maximum Gasteiger partial charge on any atom is 0.323 e. The third-order valence-corrected chi connectivity index (χ3v) is 3.29. The first-order chi connectivity index (χ1) is 10.1. The van der Waals surface area contributed by atoms with Crippen LogP contribution in [0.25, 0.3) is 10.9 Å². The van der Waals surface area contributed by atoms with Crippen LogP contribution in [-0.4, -0.2) is 11.0 Å². The quantitative estimate of drug-likeness (QED) is 0.638. The van der Waals surface area contributed by atoms with Gasteiger partial charge >= 0.3 is 6.03 Å². The van der Waals surface area contributed by atoms with Gasteiger partial charge in [0.25, 0.3) is 0 Å². The Bertz CT molecular complexity index is 805. The van der Waals surface area contributed by atoms with E-state index < -0.39 is 0 Å². The molecule has 3 N–H and O–H groups in total. The molecule has 4 nitrogen and oxygen atoms in total. The molecule has 1 aromatic heterocycles. The number of anilines is 2. The van der Waals surface area contributed by atoms with E-state index in [-0.39, 0.29) is 6.03 Å². The maximum atomic E-state index is 12.0. The molecule has 0 saturated carbocycles. The van der Waals surface area contributed by atoms with Crippen molar-refractivity contribution in [3.05, 3.63) is 59.8 Å². The van der Waals surface area contributed by atoms with Crippen LogP contribution in [0.1, 0.15) is 11.3 Å². The van der Waals surface area contributed by atoms with E-state index in [9.17, 15) is 4.79 Å². The summed E-state index contributed by atoms with van der Waals surface area (Å²) in [6.45, 7) is 4.00. The van der Waals surface area contributed by atoms with E-state index in [1.807, 2.05) is 56.3 Å². The number of hydrogen-bond donors (Lipinski definition) is 3. The predicted molar refractivity (Wildman–Crippen MR) is 86.9 cm³/mol. The van der Waals surface area contributed by atoms with Gasteiger partial charge in [-0.05, 0) is 55.8 Å². The fourth-order valence-corrected chi connectivity index (χ4v) is 2.37. The predicted octanol–water partition coefficient (Wildman–Crippen LogP) is 4.43. The Morgan fingerprint density at radius 1 is 0.952 bits per heavy atom. The number of benzene rings is 2. The van der Waals surface area contributed by atoms with Crippen molar-refractivity contribution in [2.45, 2.75) is 13.8 Å². The van der Waals surface area contributed by atoms with Crippen molar-refractivity contribution in [3.63, 3.8) is 0 Å². The van der Waals surface area contributed by atoms with Gasteiger partial charge in [0.15, 0.2) is 0 Å². The summed E-state index contributed by atoms with van der Waals surface area (Å²) in [4.78, 5) is 15.3. The number of aromatic amines is 1. The molecule has 3 rings (SSSR count). The molecule has 2 aromatic carbocycles. The number of urea groups is 1. The van der Waals surface area contributed by atoms with Gasteiger partial charge in [-0.15, -0.1) is 0 Å². The van der Waals surface area contributed by atoms with E-state index in [4.69, 9.17) is 0 Å². The Morgan fingerprint density at radius 3 is 2.48 bits per heavy atom. The smallest absolute Gasteiger partial charge is 0.323 e. The number of nitrogens with one attached hydrogen (secondary N) is 3. The SMILES string of the molecule is Cc1cccc(NC(=O)Nc2ccc3[nH]c(C)cc3c2)c1. The topological polar surface area (TPSA) is 56.9 Å². The van der Waals surface area contributed by atoms with Crippen LogP contribution in [0.15, 0.2) is 48.5 Å². The molecular formula is C17H17N3O. The van der Waals surface area contributed by atoms with E-state index >= 15 is 0 Å². The Labute approximate surface area is 123 Å². The van der Waals surface area contributed by atoms with Crippen molar-refractivity contribution in [1.82, 2.24) is 4.98 Å². The van der Waals surface area contributed by atoms with Gasteiger partial charge in [0, 0.05) is 28.0 Å². The van der Waals surface area contributed by atoms with Crippen LogP contribution in [0.3, 0.4) is 0 Å². The summed E-state index contributed by atoms with van der Waals surface area (Å²) < 4.78 is 0. The number of carbonyl (C=O) groups excluding carboxylic acids is 1. The zero-order valence-electron chi connectivity index (χ0n) is 12.0. The summed E-state index contributed by atoms with van der Waals surface area (Å²) >= 11 is 0. The van der Waals surface area contributed by atoms with E-state index in [1.54, 1.807) is 0 Å². The lowest BCUT2D eigenvalue weighted by Gasteiger charge is -2.08. The molecule has 0 aliphatic carbocycles.